The van der Waals surface area contributed by atoms with Gasteiger partial charge in [0, 0.05) is 5.56 Å². The molecule has 0 spiro atoms. The normalized spacial score (nSPS) is 9.86. The summed E-state index contributed by atoms with van der Waals surface area (Å²) in [5.74, 6) is -0.589. The summed E-state index contributed by atoms with van der Waals surface area (Å²) in [6.07, 6.45) is -0.749. The van der Waals surface area contributed by atoms with Crippen molar-refractivity contribution in [1.82, 2.24) is 0 Å². The van der Waals surface area contributed by atoms with Crippen LogP contribution >= 0.6 is 0 Å². The molecule has 0 aliphatic rings. The van der Waals surface area contributed by atoms with Gasteiger partial charge in [-0.25, -0.2) is 0 Å². The third-order valence-corrected chi connectivity index (χ3v) is 2.71. The van der Waals surface area contributed by atoms with Gasteiger partial charge in [-0.3, -0.25) is 14.4 Å². The van der Waals surface area contributed by atoms with Crippen molar-refractivity contribution in [3.05, 3.63) is 23.8 Å². The van der Waals surface area contributed by atoms with Crippen LogP contribution in [0.2, 0.25) is 0 Å². The van der Waals surface area contributed by atoms with Crippen LogP contribution in [-0.2, 0) is 14.3 Å². The van der Waals surface area contributed by atoms with Crippen molar-refractivity contribution in [2.45, 2.75) is 19.8 Å². The summed E-state index contributed by atoms with van der Waals surface area (Å²) in [6.45, 7) is 1.85. The van der Waals surface area contributed by atoms with E-state index in [0.717, 1.165) is 0 Å². The van der Waals surface area contributed by atoms with Gasteiger partial charge in [0.2, 0.25) is 0 Å². The first-order valence-corrected chi connectivity index (χ1v) is 6.44. The Labute approximate surface area is 123 Å². The van der Waals surface area contributed by atoms with Gasteiger partial charge in [-0.05, 0) is 25.1 Å². The van der Waals surface area contributed by atoms with Crippen LogP contribution in [0.3, 0.4) is 0 Å². The number of rotatable bonds is 8. The number of hydrogen-bond donors (Lipinski definition) is 0. The summed E-state index contributed by atoms with van der Waals surface area (Å²) in [5, 5.41) is 0. The molecule has 1 rings (SSSR count). The summed E-state index contributed by atoms with van der Waals surface area (Å²) in [4.78, 5) is 34.8. The number of carbonyl (C=O) groups excluding carboxylic acids is 3. The van der Waals surface area contributed by atoms with E-state index in [2.05, 4.69) is 4.74 Å². The topological polar surface area (TPSA) is 78.9 Å². The van der Waals surface area contributed by atoms with Gasteiger partial charge in [-0.15, -0.1) is 0 Å². The Morgan fingerprint density at radius 3 is 2.24 bits per heavy atom. The minimum absolute atomic E-state index is 0.204. The van der Waals surface area contributed by atoms with Crippen LogP contribution in [0.4, 0.5) is 0 Å². The van der Waals surface area contributed by atoms with Crippen molar-refractivity contribution in [3.8, 4) is 11.5 Å². The van der Waals surface area contributed by atoms with Crippen molar-refractivity contribution >= 4 is 17.5 Å². The number of Topliss-reactive ketones (excluding diaryl/α,β-unsaturated/α-hetero) is 2. The Kier molecular flexibility index (Phi) is 6.39. The van der Waals surface area contributed by atoms with E-state index in [0.29, 0.717) is 17.1 Å². The lowest BCUT2D eigenvalue weighted by Gasteiger charge is -2.08. The molecule has 1 aromatic rings. The molecule has 0 bridgehead atoms. The Hall–Kier alpha value is -2.37. The maximum Gasteiger partial charge on any atom is 0.313 e. The Bertz CT molecular complexity index is 535. The van der Waals surface area contributed by atoms with Gasteiger partial charge >= 0.3 is 5.97 Å². The van der Waals surface area contributed by atoms with Crippen molar-refractivity contribution in [1.29, 1.82) is 0 Å². The highest BCUT2D eigenvalue weighted by Crippen LogP contribution is 2.28. The van der Waals surface area contributed by atoms with Gasteiger partial charge in [0.25, 0.3) is 0 Å². The maximum atomic E-state index is 12.0. The predicted octanol–water partition coefficient (Wildman–Crippen LogP) is 1.80. The molecule has 0 amide bonds. The smallest absolute Gasteiger partial charge is 0.313 e. The van der Waals surface area contributed by atoms with Gasteiger partial charge in [0.05, 0.1) is 27.2 Å². The first-order valence-electron chi connectivity index (χ1n) is 6.44. The zero-order chi connectivity index (χ0) is 15.8. The number of ketones is 2. The lowest BCUT2D eigenvalue weighted by Crippen LogP contribution is -2.14. The largest absolute Gasteiger partial charge is 0.493 e. The Balaban J connectivity index is 2.71. The number of benzene rings is 1. The number of esters is 1. The second kappa shape index (κ2) is 8.04. The van der Waals surface area contributed by atoms with Crippen molar-refractivity contribution < 1.29 is 28.6 Å². The van der Waals surface area contributed by atoms with Crippen LogP contribution in [-0.4, -0.2) is 38.4 Å². The number of hydrogen-bond acceptors (Lipinski definition) is 6. The molecule has 114 valence electrons. The SMILES string of the molecule is CCOC(=O)CC(=O)CC(=O)c1ccc(OC)c(OC)c1. The molecule has 0 aliphatic carbocycles. The molecule has 0 N–H and O–H groups in total. The average molecular weight is 294 g/mol. The summed E-state index contributed by atoms with van der Waals surface area (Å²) < 4.78 is 14.8. The summed E-state index contributed by atoms with van der Waals surface area (Å²) >= 11 is 0. The fourth-order valence-electron chi connectivity index (χ4n) is 1.73. The van der Waals surface area contributed by atoms with E-state index < -0.39 is 18.2 Å². The van der Waals surface area contributed by atoms with Gasteiger partial charge in [0.1, 0.15) is 6.42 Å². The molecule has 0 saturated carbocycles. The van der Waals surface area contributed by atoms with E-state index in [9.17, 15) is 14.4 Å². The molecule has 0 unspecified atom stereocenters. The highest BCUT2D eigenvalue weighted by Gasteiger charge is 2.17. The molecule has 0 radical (unpaired) electrons. The average Bonchev–Trinajstić information content (AvgIpc) is 2.46. The van der Waals surface area contributed by atoms with Gasteiger partial charge < -0.3 is 14.2 Å². The lowest BCUT2D eigenvalue weighted by atomic mass is 10.0. The van der Waals surface area contributed by atoms with E-state index >= 15 is 0 Å². The number of methoxy groups -OCH3 is 2. The minimum atomic E-state index is -0.623. The van der Waals surface area contributed by atoms with Crippen molar-refractivity contribution in [2.75, 3.05) is 20.8 Å². The zero-order valence-electron chi connectivity index (χ0n) is 12.3. The van der Waals surface area contributed by atoms with Crippen molar-refractivity contribution in [2.24, 2.45) is 0 Å². The summed E-state index contributed by atoms with van der Waals surface area (Å²) in [6, 6.07) is 4.63. The lowest BCUT2D eigenvalue weighted by molar-refractivity contribution is -0.145. The first-order chi connectivity index (χ1) is 10.0. The van der Waals surface area contributed by atoms with E-state index in [4.69, 9.17) is 9.47 Å². The molecule has 6 nitrogen and oxygen atoms in total. The second-order valence-electron chi connectivity index (χ2n) is 4.19. The second-order valence-corrected chi connectivity index (χ2v) is 4.19. The Morgan fingerprint density at radius 2 is 1.67 bits per heavy atom. The predicted molar refractivity (Wildman–Crippen MR) is 74.8 cm³/mol. The minimum Gasteiger partial charge on any atom is -0.493 e. The molecule has 0 aliphatic heterocycles. The van der Waals surface area contributed by atoms with E-state index in [1.807, 2.05) is 0 Å². The van der Waals surface area contributed by atoms with Crippen LogP contribution in [0.5, 0.6) is 11.5 Å². The number of ether oxygens (including phenoxy) is 3. The molecule has 0 saturated heterocycles. The molecule has 6 heteroatoms. The van der Waals surface area contributed by atoms with Gasteiger partial charge in [0.15, 0.2) is 23.1 Å². The monoisotopic (exact) mass is 294 g/mol. The molecule has 0 aromatic heterocycles. The molecule has 0 heterocycles. The molecule has 0 fully saturated rings. The first kappa shape index (κ1) is 16.7. The van der Waals surface area contributed by atoms with E-state index in [1.165, 1.54) is 20.3 Å². The standard InChI is InChI=1S/C15H18O6/c1-4-21-15(18)9-11(16)8-12(17)10-5-6-13(19-2)14(7-10)20-3/h5-7H,4,8-9H2,1-3H3. The Morgan fingerprint density at radius 1 is 1.00 bits per heavy atom. The highest BCUT2D eigenvalue weighted by atomic mass is 16.5. The van der Waals surface area contributed by atoms with Gasteiger partial charge in [-0.2, -0.15) is 0 Å². The van der Waals surface area contributed by atoms with Gasteiger partial charge in [-0.1, -0.05) is 0 Å². The van der Waals surface area contributed by atoms with Crippen LogP contribution in [0.1, 0.15) is 30.1 Å². The molecule has 1 aromatic carbocycles. The fraction of sp³-hybridized carbons (Fsp3) is 0.400. The molecule has 21 heavy (non-hydrogen) atoms. The van der Waals surface area contributed by atoms with Crippen LogP contribution in [0.15, 0.2) is 18.2 Å². The zero-order valence-corrected chi connectivity index (χ0v) is 12.3. The fourth-order valence-corrected chi connectivity index (χ4v) is 1.73. The van der Waals surface area contributed by atoms with Crippen LogP contribution < -0.4 is 9.47 Å². The quantitative estimate of drug-likeness (QED) is 0.413. The van der Waals surface area contributed by atoms with E-state index in [1.54, 1.807) is 19.1 Å². The maximum absolute atomic E-state index is 12.0. The molecule has 0 atom stereocenters. The highest BCUT2D eigenvalue weighted by molar-refractivity contribution is 6.11. The van der Waals surface area contributed by atoms with Crippen LogP contribution in [0, 0.1) is 0 Å². The molecular weight excluding hydrogens is 276 g/mol. The van der Waals surface area contributed by atoms with Crippen LogP contribution in [0.25, 0.3) is 0 Å². The molecular formula is C15H18O6. The third-order valence-electron chi connectivity index (χ3n) is 2.71. The van der Waals surface area contributed by atoms with Crippen molar-refractivity contribution in [3.63, 3.8) is 0 Å². The van der Waals surface area contributed by atoms with E-state index in [-0.39, 0.29) is 18.8 Å². The number of carbonyl (C=O) groups is 3. The summed E-state index contributed by atoms with van der Waals surface area (Å²) in [7, 11) is 2.94. The summed E-state index contributed by atoms with van der Waals surface area (Å²) in [5.41, 5.74) is 0.324. The third kappa shape index (κ3) is 4.91.